The van der Waals surface area contributed by atoms with Crippen molar-refractivity contribution in [3.05, 3.63) is 29.8 Å². The van der Waals surface area contributed by atoms with E-state index in [9.17, 15) is 14.7 Å². The van der Waals surface area contributed by atoms with Gasteiger partial charge in [0, 0.05) is 37.8 Å². The fourth-order valence-electron chi connectivity index (χ4n) is 7.48. The van der Waals surface area contributed by atoms with Crippen LogP contribution in [0.3, 0.4) is 0 Å². The zero-order valence-electron chi connectivity index (χ0n) is 22.1. The summed E-state index contributed by atoms with van der Waals surface area (Å²) in [5, 5.41) is 14.0. The quantitative estimate of drug-likeness (QED) is 0.614. The van der Waals surface area contributed by atoms with Gasteiger partial charge in [-0.25, -0.2) is 4.79 Å². The van der Waals surface area contributed by atoms with E-state index in [0.717, 1.165) is 63.8 Å². The summed E-state index contributed by atoms with van der Waals surface area (Å²) in [6, 6.07) is 7.94. The average molecular weight is 498 g/mol. The number of benzene rings is 1. The van der Waals surface area contributed by atoms with E-state index >= 15 is 0 Å². The molecule has 1 aromatic carbocycles. The Balaban J connectivity index is 1.12. The number of aliphatic hydroxyl groups is 1. The van der Waals surface area contributed by atoms with Crippen LogP contribution in [0.25, 0.3) is 0 Å². The molecule has 1 heterocycles. The molecular formula is C29H43N3O4. The molecule has 4 aliphatic rings. The Morgan fingerprint density at radius 1 is 1.11 bits per heavy atom. The summed E-state index contributed by atoms with van der Waals surface area (Å²) < 4.78 is 6.05. The van der Waals surface area contributed by atoms with E-state index in [1.54, 1.807) is 0 Å². The lowest BCUT2D eigenvalue weighted by atomic mass is 9.77. The number of nitrogens with one attached hydrogen (secondary N) is 1. The van der Waals surface area contributed by atoms with Crippen molar-refractivity contribution < 1.29 is 19.4 Å². The van der Waals surface area contributed by atoms with Crippen molar-refractivity contribution in [2.24, 2.45) is 23.7 Å². The van der Waals surface area contributed by atoms with Crippen LogP contribution in [0.5, 0.6) is 5.75 Å². The Kier molecular flexibility index (Phi) is 7.21. The lowest BCUT2D eigenvalue weighted by molar-refractivity contribution is -0.00803. The van der Waals surface area contributed by atoms with Gasteiger partial charge in [0.15, 0.2) is 0 Å². The van der Waals surface area contributed by atoms with E-state index < -0.39 is 5.60 Å². The number of rotatable bonds is 6. The molecule has 7 nitrogen and oxygen atoms in total. The third-order valence-electron chi connectivity index (χ3n) is 9.25. The van der Waals surface area contributed by atoms with Crippen molar-refractivity contribution in [3.63, 3.8) is 0 Å². The zero-order chi connectivity index (χ0) is 25.4. The van der Waals surface area contributed by atoms with Crippen molar-refractivity contribution in [2.75, 3.05) is 26.7 Å². The molecule has 0 aromatic heterocycles. The maximum absolute atomic E-state index is 13.4. The normalized spacial score (nSPS) is 31.9. The summed E-state index contributed by atoms with van der Waals surface area (Å²) in [5.74, 6) is 2.86. The lowest BCUT2D eigenvalue weighted by Gasteiger charge is -2.36. The van der Waals surface area contributed by atoms with Crippen molar-refractivity contribution in [3.8, 4) is 5.75 Å². The lowest BCUT2D eigenvalue weighted by Crippen LogP contribution is -2.47. The SMILES string of the molecule is CC(C)NC(=O)N1CCC(COc2ccc(C(=O)N(C)C3CCC4CC5CC(O)(C4)CC53)cc2)CC1. The highest BCUT2D eigenvalue weighted by molar-refractivity contribution is 5.94. The van der Waals surface area contributed by atoms with Gasteiger partial charge in [-0.05, 0) is 113 Å². The molecule has 7 heteroatoms. The van der Waals surface area contributed by atoms with Crippen molar-refractivity contribution in [2.45, 2.75) is 82.9 Å². The first-order valence-electron chi connectivity index (χ1n) is 14.0. The fraction of sp³-hybridized carbons (Fsp3) is 0.724. The van der Waals surface area contributed by atoms with E-state index in [0.29, 0.717) is 35.8 Å². The van der Waals surface area contributed by atoms with Crippen LogP contribution in [0.15, 0.2) is 24.3 Å². The molecule has 5 atom stereocenters. The van der Waals surface area contributed by atoms with Gasteiger partial charge in [-0.3, -0.25) is 4.79 Å². The number of urea groups is 1. The highest BCUT2D eigenvalue weighted by Crippen LogP contribution is 2.56. The Labute approximate surface area is 215 Å². The predicted octanol–water partition coefficient (Wildman–Crippen LogP) is 4.30. The molecule has 0 radical (unpaired) electrons. The third-order valence-corrected chi connectivity index (χ3v) is 9.25. The molecule has 5 rings (SSSR count). The smallest absolute Gasteiger partial charge is 0.317 e. The number of likely N-dealkylation sites (tertiary alicyclic amines) is 1. The first kappa shape index (κ1) is 25.4. The van der Waals surface area contributed by atoms with E-state index in [1.807, 2.05) is 55.0 Å². The Bertz CT molecular complexity index is 942. The van der Waals surface area contributed by atoms with Crippen molar-refractivity contribution >= 4 is 11.9 Å². The summed E-state index contributed by atoms with van der Waals surface area (Å²) in [5.41, 5.74) is 0.202. The number of nitrogens with zero attached hydrogens (tertiary/aromatic N) is 2. The fourth-order valence-corrected chi connectivity index (χ4v) is 7.48. The van der Waals surface area contributed by atoms with E-state index in [2.05, 4.69) is 5.32 Å². The predicted molar refractivity (Wildman–Crippen MR) is 139 cm³/mol. The van der Waals surface area contributed by atoms with Gasteiger partial charge in [0.1, 0.15) is 5.75 Å². The molecule has 3 amide bonds. The maximum atomic E-state index is 13.4. The molecule has 0 spiro atoms. The molecule has 36 heavy (non-hydrogen) atoms. The zero-order valence-corrected chi connectivity index (χ0v) is 22.1. The topological polar surface area (TPSA) is 82.1 Å². The molecule has 1 aliphatic heterocycles. The van der Waals surface area contributed by atoms with Crippen molar-refractivity contribution in [1.29, 1.82) is 0 Å². The maximum Gasteiger partial charge on any atom is 0.317 e. The number of carbonyl (C=O) groups is 2. The number of carbonyl (C=O) groups excluding carboxylic acids is 2. The van der Waals surface area contributed by atoms with Gasteiger partial charge >= 0.3 is 6.03 Å². The average Bonchev–Trinajstić information content (AvgIpc) is 3.02. The van der Waals surface area contributed by atoms with Crippen LogP contribution in [0.1, 0.15) is 75.6 Å². The molecule has 3 aliphatic carbocycles. The molecule has 1 saturated heterocycles. The Morgan fingerprint density at radius 3 is 2.53 bits per heavy atom. The number of amides is 3. The third kappa shape index (κ3) is 5.36. The molecular weight excluding hydrogens is 454 g/mol. The monoisotopic (exact) mass is 497 g/mol. The van der Waals surface area contributed by atoms with Gasteiger partial charge in [0.05, 0.1) is 12.2 Å². The summed E-state index contributed by atoms with van der Waals surface area (Å²) in [6.45, 7) is 6.10. The van der Waals surface area contributed by atoms with E-state index in [1.165, 1.54) is 6.42 Å². The first-order chi connectivity index (χ1) is 17.2. The second-order valence-electron chi connectivity index (χ2n) is 12.3. The van der Waals surface area contributed by atoms with Crippen LogP contribution >= 0.6 is 0 Å². The van der Waals surface area contributed by atoms with Gasteiger partial charge in [0.25, 0.3) is 5.91 Å². The van der Waals surface area contributed by atoms with Crippen LogP contribution in [0.2, 0.25) is 0 Å². The second kappa shape index (κ2) is 10.2. The van der Waals surface area contributed by atoms with Crippen molar-refractivity contribution in [1.82, 2.24) is 15.1 Å². The van der Waals surface area contributed by atoms with Gasteiger partial charge in [-0.2, -0.15) is 0 Å². The summed E-state index contributed by atoms with van der Waals surface area (Å²) in [4.78, 5) is 29.4. The minimum atomic E-state index is -0.489. The number of piperidine rings is 1. The summed E-state index contributed by atoms with van der Waals surface area (Å²) in [6.07, 6.45) is 7.99. The molecule has 1 aromatic rings. The molecule has 3 bridgehead atoms. The van der Waals surface area contributed by atoms with E-state index in [4.69, 9.17) is 4.74 Å². The minimum absolute atomic E-state index is 0.0227. The van der Waals surface area contributed by atoms with E-state index in [-0.39, 0.29) is 24.0 Å². The number of fused-ring (bicyclic) bond motifs is 2. The minimum Gasteiger partial charge on any atom is -0.493 e. The number of ether oxygens (including phenoxy) is 1. The molecule has 3 saturated carbocycles. The largest absolute Gasteiger partial charge is 0.493 e. The summed E-state index contributed by atoms with van der Waals surface area (Å²) in [7, 11) is 1.95. The van der Waals surface area contributed by atoms with Crippen LogP contribution in [0.4, 0.5) is 4.79 Å². The molecule has 198 valence electrons. The molecule has 4 fully saturated rings. The van der Waals surface area contributed by atoms with Crippen LogP contribution in [0, 0.1) is 23.7 Å². The van der Waals surface area contributed by atoms with Crippen LogP contribution in [-0.4, -0.2) is 71.3 Å². The van der Waals surface area contributed by atoms with Gasteiger partial charge in [0.2, 0.25) is 0 Å². The van der Waals surface area contributed by atoms with Crippen LogP contribution < -0.4 is 10.1 Å². The number of hydrogen-bond acceptors (Lipinski definition) is 4. The Hall–Kier alpha value is -2.28. The standard InChI is InChI=1S/C29H43N3O4/c1-19(2)30-28(34)32-12-10-20(11-13-32)18-36-24-7-5-22(6-8-24)27(33)31(3)26-9-4-21-14-23-16-29(35,15-21)17-25(23)26/h5-8,19-21,23,25-26,35H,4,9-18H2,1-3H3,(H,30,34). The van der Waals surface area contributed by atoms with Gasteiger partial charge in [-0.1, -0.05) is 0 Å². The highest BCUT2D eigenvalue weighted by Gasteiger charge is 2.54. The number of hydrogen-bond donors (Lipinski definition) is 2. The Morgan fingerprint density at radius 2 is 1.83 bits per heavy atom. The molecule has 2 N–H and O–H groups in total. The summed E-state index contributed by atoms with van der Waals surface area (Å²) >= 11 is 0. The highest BCUT2D eigenvalue weighted by atomic mass is 16.5. The van der Waals surface area contributed by atoms with Gasteiger partial charge in [-0.15, -0.1) is 0 Å². The first-order valence-corrected chi connectivity index (χ1v) is 14.0. The molecule has 5 unspecified atom stereocenters. The second-order valence-corrected chi connectivity index (χ2v) is 12.3. The van der Waals surface area contributed by atoms with Gasteiger partial charge < -0.3 is 25.0 Å². The van der Waals surface area contributed by atoms with Crippen LogP contribution in [-0.2, 0) is 0 Å².